The molecule has 2 aromatic carbocycles. The van der Waals surface area contributed by atoms with E-state index < -0.39 is 11.9 Å². The normalized spacial score (nSPS) is 23.7. The number of rotatable bonds is 2. The molecular weight excluding hydrogens is 420 g/mol. The van der Waals surface area contributed by atoms with E-state index in [4.69, 9.17) is 4.74 Å². The number of nitrogens with one attached hydrogen (secondary N) is 2. The Bertz CT molecular complexity index is 985. The van der Waals surface area contributed by atoms with E-state index in [1.54, 1.807) is 0 Å². The Morgan fingerprint density at radius 3 is 2.50 bits per heavy atom. The number of esters is 1. The number of ketones is 1. The topological polar surface area (TPSA) is 67.4 Å². The number of anilines is 2. The molecule has 0 saturated carbocycles. The highest BCUT2D eigenvalue weighted by Crippen LogP contribution is 2.44. The number of methoxy groups -OCH3 is 1. The number of fused-ring (bicyclic) bond motifs is 1. The van der Waals surface area contributed by atoms with Crippen LogP contribution in [0, 0.1) is 11.8 Å². The maximum absolute atomic E-state index is 13.5. The van der Waals surface area contributed by atoms with Crippen molar-refractivity contribution in [2.45, 2.75) is 19.4 Å². The van der Waals surface area contributed by atoms with Gasteiger partial charge in [-0.3, -0.25) is 9.59 Å². The Labute approximate surface area is 172 Å². The first-order valence-electron chi connectivity index (χ1n) is 9.23. The molecule has 1 aliphatic carbocycles. The zero-order valence-corrected chi connectivity index (χ0v) is 17.2. The van der Waals surface area contributed by atoms with E-state index in [2.05, 4.69) is 26.6 Å². The second-order valence-corrected chi connectivity index (χ2v) is 8.06. The summed E-state index contributed by atoms with van der Waals surface area (Å²) in [6.45, 7) is 1.92. The van der Waals surface area contributed by atoms with Gasteiger partial charge in [0.1, 0.15) is 5.92 Å². The van der Waals surface area contributed by atoms with E-state index in [1.165, 1.54) is 7.11 Å². The Kier molecular flexibility index (Phi) is 4.98. The van der Waals surface area contributed by atoms with Crippen LogP contribution >= 0.6 is 15.9 Å². The first kappa shape index (κ1) is 18.7. The number of hydrogen-bond acceptors (Lipinski definition) is 5. The summed E-state index contributed by atoms with van der Waals surface area (Å²) in [4.78, 5) is 25.9. The summed E-state index contributed by atoms with van der Waals surface area (Å²) in [6, 6.07) is 15.3. The molecule has 0 spiro atoms. The predicted molar refractivity (Wildman–Crippen MR) is 112 cm³/mol. The summed E-state index contributed by atoms with van der Waals surface area (Å²) in [5.74, 6) is -1.60. The van der Waals surface area contributed by atoms with Gasteiger partial charge in [-0.1, -0.05) is 53.2 Å². The summed E-state index contributed by atoms with van der Waals surface area (Å²) >= 11 is 3.62. The summed E-state index contributed by atoms with van der Waals surface area (Å²) in [5.41, 5.74) is 4.22. The van der Waals surface area contributed by atoms with Crippen molar-refractivity contribution in [1.82, 2.24) is 0 Å². The molecule has 28 heavy (non-hydrogen) atoms. The fourth-order valence-electron chi connectivity index (χ4n) is 4.08. The van der Waals surface area contributed by atoms with Gasteiger partial charge in [0.05, 0.1) is 24.5 Å². The number of carbonyl (C=O) groups is 2. The van der Waals surface area contributed by atoms with Gasteiger partial charge in [-0.2, -0.15) is 0 Å². The molecule has 6 heteroatoms. The largest absolute Gasteiger partial charge is 0.468 e. The molecule has 0 amide bonds. The summed E-state index contributed by atoms with van der Waals surface area (Å²) in [6.07, 6.45) is 0.595. The van der Waals surface area contributed by atoms with Crippen LogP contribution in [0.25, 0.3) is 0 Å². The second-order valence-electron chi connectivity index (χ2n) is 7.21. The van der Waals surface area contributed by atoms with E-state index >= 15 is 0 Å². The Balaban J connectivity index is 1.90. The lowest BCUT2D eigenvalue weighted by atomic mass is 9.75. The molecular formula is C22H21BrN2O3. The number of para-hydroxylation sites is 2. The second kappa shape index (κ2) is 7.43. The highest BCUT2D eigenvalue weighted by atomic mass is 79.9. The van der Waals surface area contributed by atoms with Gasteiger partial charge in [0.15, 0.2) is 5.78 Å². The molecule has 2 N–H and O–H groups in total. The molecule has 0 saturated heterocycles. The molecule has 0 bridgehead atoms. The highest BCUT2D eigenvalue weighted by Gasteiger charge is 2.44. The molecule has 5 nitrogen and oxygen atoms in total. The first-order valence-corrected chi connectivity index (χ1v) is 10.0. The third kappa shape index (κ3) is 3.11. The van der Waals surface area contributed by atoms with Crippen molar-refractivity contribution in [2.24, 2.45) is 11.8 Å². The number of carbonyl (C=O) groups excluding carboxylic acids is 2. The molecule has 1 heterocycles. The lowest BCUT2D eigenvalue weighted by Gasteiger charge is -2.32. The van der Waals surface area contributed by atoms with E-state index in [9.17, 15) is 9.59 Å². The van der Waals surface area contributed by atoms with E-state index in [1.807, 2.05) is 55.5 Å². The summed E-state index contributed by atoms with van der Waals surface area (Å²) < 4.78 is 5.84. The van der Waals surface area contributed by atoms with Crippen LogP contribution in [0.4, 0.5) is 11.4 Å². The van der Waals surface area contributed by atoms with Crippen LogP contribution in [0.1, 0.15) is 24.9 Å². The molecule has 144 valence electrons. The van der Waals surface area contributed by atoms with Crippen LogP contribution in [0.5, 0.6) is 0 Å². The fourth-order valence-corrected chi connectivity index (χ4v) is 4.59. The van der Waals surface area contributed by atoms with Crippen LogP contribution in [-0.4, -0.2) is 18.9 Å². The number of allylic oxidation sites excluding steroid dienone is 1. The van der Waals surface area contributed by atoms with Gasteiger partial charge < -0.3 is 15.4 Å². The first-order chi connectivity index (χ1) is 13.5. The maximum Gasteiger partial charge on any atom is 0.316 e. The van der Waals surface area contributed by atoms with Crippen molar-refractivity contribution in [1.29, 1.82) is 0 Å². The molecule has 0 aromatic heterocycles. The van der Waals surface area contributed by atoms with Crippen molar-refractivity contribution in [2.75, 3.05) is 17.7 Å². The van der Waals surface area contributed by atoms with Crippen LogP contribution in [0.15, 0.2) is 64.3 Å². The smallest absolute Gasteiger partial charge is 0.316 e. The Morgan fingerprint density at radius 1 is 1.11 bits per heavy atom. The predicted octanol–water partition coefficient (Wildman–Crippen LogP) is 4.68. The third-order valence-corrected chi connectivity index (χ3v) is 6.16. The van der Waals surface area contributed by atoms with E-state index in [-0.39, 0.29) is 17.7 Å². The minimum Gasteiger partial charge on any atom is -0.468 e. The zero-order valence-electron chi connectivity index (χ0n) is 15.7. The Morgan fingerprint density at radius 2 is 1.79 bits per heavy atom. The molecule has 0 unspecified atom stereocenters. The van der Waals surface area contributed by atoms with E-state index in [0.29, 0.717) is 12.0 Å². The summed E-state index contributed by atoms with van der Waals surface area (Å²) in [5, 5.41) is 6.96. The third-order valence-electron chi connectivity index (χ3n) is 5.44. The average molecular weight is 441 g/mol. The molecule has 2 aromatic rings. The van der Waals surface area contributed by atoms with Gasteiger partial charge in [-0.05, 0) is 36.1 Å². The zero-order chi connectivity index (χ0) is 19.8. The van der Waals surface area contributed by atoms with Crippen LogP contribution in [0.2, 0.25) is 0 Å². The molecule has 4 rings (SSSR count). The molecule has 0 fully saturated rings. The maximum atomic E-state index is 13.5. The molecule has 3 atom stereocenters. The number of hydrogen-bond donors (Lipinski definition) is 2. The number of halogens is 1. The van der Waals surface area contributed by atoms with Crippen molar-refractivity contribution in [3.63, 3.8) is 0 Å². The van der Waals surface area contributed by atoms with Crippen molar-refractivity contribution < 1.29 is 14.3 Å². The van der Waals surface area contributed by atoms with Gasteiger partial charge >= 0.3 is 5.97 Å². The number of benzene rings is 2. The monoisotopic (exact) mass is 440 g/mol. The minimum absolute atomic E-state index is 0.142. The van der Waals surface area contributed by atoms with Gasteiger partial charge in [0.25, 0.3) is 0 Å². The fraction of sp³-hybridized carbons (Fsp3) is 0.273. The van der Waals surface area contributed by atoms with Crippen LogP contribution in [0.3, 0.4) is 0 Å². The average Bonchev–Trinajstić information content (AvgIpc) is 2.84. The standard InChI is InChI=1S/C22H21BrN2O3/c1-12-11-17-19(21(26)18(12)22(27)28-2)20(13-7-3-4-8-14(13)23)25-16-10-6-5-9-15(16)24-17/h3-10,12,18,20,24-25H,11H2,1-2H3/t12-,18+,20-/m1/s1. The van der Waals surface area contributed by atoms with Crippen LogP contribution in [-0.2, 0) is 14.3 Å². The van der Waals surface area contributed by atoms with Gasteiger partial charge in [0, 0.05) is 15.7 Å². The van der Waals surface area contributed by atoms with Gasteiger partial charge in [-0.15, -0.1) is 0 Å². The number of ether oxygens (including phenoxy) is 1. The van der Waals surface area contributed by atoms with E-state index in [0.717, 1.165) is 27.1 Å². The van der Waals surface area contributed by atoms with Crippen molar-refractivity contribution in [3.05, 3.63) is 69.8 Å². The Hall–Kier alpha value is -2.60. The van der Waals surface area contributed by atoms with Crippen LogP contribution < -0.4 is 10.6 Å². The lowest BCUT2D eigenvalue weighted by Crippen LogP contribution is -2.39. The quantitative estimate of drug-likeness (QED) is 0.524. The van der Waals surface area contributed by atoms with Gasteiger partial charge in [-0.25, -0.2) is 0 Å². The van der Waals surface area contributed by atoms with Gasteiger partial charge in [0.2, 0.25) is 0 Å². The number of Topliss-reactive ketones (excluding diaryl/α,β-unsaturated/α-hetero) is 1. The molecule has 1 aliphatic heterocycles. The molecule has 0 radical (unpaired) electrons. The molecule has 2 aliphatic rings. The van der Waals surface area contributed by atoms with Crippen molar-refractivity contribution in [3.8, 4) is 0 Å². The SMILES string of the molecule is COC(=O)[C@@H]1C(=O)C2=C(C[C@H]1C)Nc1ccccc1N[C@@H]2c1ccccc1Br. The van der Waals surface area contributed by atoms with Crippen molar-refractivity contribution >= 4 is 39.1 Å². The summed E-state index contributed by atoms with van der Waals surface area (Å²) in [7, 11) is 1.33. The lowest BCUT2D eigenvalue weighted by molar-refractivity contribution is -0.151. The highest BCUT2D eigenvalue weighted by molar-refractivity contribution is 9.10. The minimum atomic E-state index is -0.793.